The van der Waals surface area contributed by atoms with Crippen LogP contribution in [-0.2, 0) is 14.3 Å². The standard InChI is InChI=1S/C27H30N2O8S2/c1-33-20-7-14(8-21(34-2)25(20)31)23-15-9-18-19(37-13-36-18)10-16(15)26(17-11-35-27(32)24(17)23)39-38-12-22(30)29-5-3-28-4-6-29/h7-10,17,23-24,26,28,31H,3-6,11-13H2,1-2H3/t17-,23+,24-,26+/m0/s1. The van der Waals surface area contributed by atoms with Gasteiger partial charge in [-0.15, -0.1) is 0 Å². The molecule has 39 heavy (non-hydrogen) atoms. The first-order valence-electron chi connectivity index (χ1n) is 12.8. The summed E-state index contributed by atoms with van der Waals surface area (Å²) in [7, 11) is 6.07. The van der Waals surface area contributed by atoms with Crippen LogP contribution in [0.1, 0.15) is 27.9 Å². The summed E-state index contributed by atoms with van der Waals surface area (Å²) in [6.07, 6.45) is 0. The van der Waals surface area contributed by atoms with Gasteiger partial charge in [-0.05, 0) is 41.0 Å². The molecule has 2 aromatic rings. The van der Waals surface area contributed by atoms with Crippen LogP contribution in [0.3, 0.4) is 0 Å². The first-order valence-corrected chi connectivity index (χ1v) is 15.2. The van der Waals surface area contributed by atoms with Gasteiger partial charge >= 0.3 is 5.97 Å². The summed E-state index contributed by atoms with van der Waals surface area (Å²) in [6.45, 7) is 3.46. The molecule has 4 atom stereocenters. The number of phenols is 1. The van der Waals surface area contributed by atoms with Crippen molar-refractivity contribution < 1.29 is 38.4 Å². The summed E-state index contributed by atoms with van der Waals surface area (Å²) in [5.74, 6) is 0.892. The van der Waals surface area contributed by atoms with Gasteiger partial charge in [0.1, 0.15) is 0 Å². The number of cyclic esters (lactones) is 1. The number of aromatic hydroxyl groups is 1. The zero-order valence-corrected chi connectivity index (χ0v) is 23.3. The number of nitrogens with zero attached hydrogens (tertiary/aromatic N) is 1. The van der Waals surface area contributed by atoms with E-state index in [1.807, 2.05) is 17.0 Å². The largest absolute Gasteiger partial charge is 0.502 e. The summed E-state index contributed by atoms with van der Waals surface area (Å²) in [4.78, 5) is 28.0. The predicted octanol–water partition coefficient (Wildman–Crippen LogP) is 2.93. The molecule has 0 saturated carbocycles. The molecule has 208 valence electrons. The van der Waals surface area contributed by atoms with Crippen molar-refractivity contribution in [2.75, 3.05) is 59.6 Å². The Morgan fingerprint density at radius 1 is 1.05 bits per heavy atom. The number of benzene rings is 2. The van der Waals surface area contributed by atoms with Gasteiger partial charge in [0.25, 0.3) is 0 Å². The Labute approximate surface area is 234 Å². The van der Waals surface area contributed by atoms with Crippen LogP contribution in [0.5, 0.6) is 28.7 Å². The number of hydrogen-bond donors (Lipinski definition) is 2. The third-order valence-electron chi connectivity index (χ3n) is 7.80. The molecule has 12 heteroatoms. The van der Waals surface area contributed by atoms with E-state index in [1.165, 1.54) is 25.0 Å². The number of rotatable bonds is 7. The number of phenolic OH excluding ortho intramolecular Hbond substituents is 1. The average Bonchev–Trinajstić information content (AvgIpc) is 3.58. The minimum Gasteiger partial charge on any atom is -0.502 e. The van der Waals surface area contributed by atoms with Crippen molar-refractivity contribution >= 4 is 33.5 Å². The molecule has 0 spiro atoms. The number of amides is 1. The highest BCUT2D eigenvalue weighted by Gasteiger charge is 2.53. The Morgan fingerprint density at radius 3 is 2.38 bits per heavy atom. The maximum atomic E-state index is 13.3. The molecule has 6 rings (SSSR count). The van der Waals surface area contributed by atoms with Crippen LogP contribution in [0.25, 0.3) is 0 Å². The molecule has 2 saturated heterocycles. The highest BCUT2D eigenvalue weighted by Crippen LogP contribution is 2.60. The van der Waals surface area contributed by atoms with Crippen LogP contribution >= 0.6 is 21.6 Å². The second-order valence-corrected chi connectivity index (χ2v) is 12.3. The lowest BCUT2D eigenvalue weighted by Crippen LogP contribution is -2.47. The van der Waals surface area contributed by atoms with E-state index in [0.717, 1.165) is 29.8 Å². The minimum atomic E-state index is -0.473. The van der Waals surface area contributed by atoms with Crippen molar-refractivity contribution in [3.63, 3.8) is 0 Å². The molecule has 2 aromatic carbocycles. The highest BCUT2D eigenvalue weighted by molar-refractivity contribution is 8.76. The number of fused-ring (bicyclic) bond motifs is 3. The van der Waals surface area contributed by atoms with E-state index < -0.39 is 5.92 Å². The van der Waals surface area contributed by atoms with E-state index in [4.69, 9.17) is 23.7 Å². The minimum absolute atomic E-state index is 0.102. The third-order valence-corrected chi connectivity index (χ3v) is 10.5. The first-order chi connectivity index (χ1) is 19.0. The number of nitrogens with one attached hydrogen (secondary N) is 1. The lowest BCUT2D eigenvalue weighted by molar-refractivity contribution is -0.141. The zero-order chi connectivity index (χ0) is 27.1. The Balaban J connectivity index is 1.38. The topological polar surface area (TPSA) is 116 Å². The van der Waals surface area contributed by atoms with Gasteiger partial charge in [0, 0.05) is 43.3 Å². The van der Waals surface area contributed by atoms with Crippen molar-refractivity contribution in [2.45, 2.75) is 11.2 Å². The van der Waals surface area contributed by atoms with Crippen LogP contribution < -0.4 is 24.3 Å². The zero-order valence-electron chi connectivity index (χ0n) is 21.6. The predicted molar refractivity (Wildman–Crippen MR) is 146 cm³/mol. The lowest BCUT2D eigenvalue weighted by Gasteiger charge is -2.38. The molecular formula is C27H30N2O8S2. The first kappa shape index (κ1) is 26.3. The summed E-state index contributed by atoms with van der Waals surface area (Å²) >= 11 is 0. The number of methoxy groups -OCH3 is 2. The second kappa shape index (κ2) is 10.9. The molecule has 3 heterocycles. The van der Waals surface area contributed by atoms with Crippen molar-refractivity contribution in [1.82, 2.24) is 10.2 Å². The van der Waals surface area contributed by atoms with Crippen LogP contribution in [0.15, 0.2) is 24.3 Å². The van der Waals surface area contributed by atoms with Gasteiger partial charge in [0.15, 0.2) is 23.0 Å². The van der Waals surface area contributed by atoms with Crippen molar-refractivity contribution in [3.8, 4) is 28.7 Å². The molecule has 2 fully saturated rings. The molecule has 0 unspecified atom stereocenters. The van der Waals surface area contributed by atoms with Crippen molar-refractivity contribution in [3.05, 3.63) is 41.0 Å². The number of carbonyl (C=O) groups is 2. The number of hydrogen-bond acceptors (Lipinski definition) is 11. The molecule has 0 bridgehead atoms. The van der Waals surface area contributed by atoms with E-state index in [-0.39, 0.29) is 59.6 Å². The van der Waals surface area contributed by atoms with E-state index in [2.05, 4.69) is 5.32 Å². The number of ether oxygens (including phenoxy) is 5. The molecule has 1 amide bonds. The van der Waals surface area contributed by atoms with Gasteiger partial charge in [0.2, 0.25) is 18.4 Å². The Bertz CT molecular complexity index is 1260. The highest BCUT2D eigenvalue weighted by atomic mass is 33.1. The van der Waals surface area contributed by atoms with Gasteiger partial charge in [-0.25, -0.2) is 0 Å². The summed E-state index contributed by atoms with van der Waals surface area (Å²) in [5.41, 5.74) is 2.70. The second-order valence-electron chi connectivity index (χ2n) is 9.82. The summed E-state index contributed by atoms with van der Waals surface area (Å²) in [6, 6.07) is 7.43. The van der Waals surface area contributed by atoms with Gasteiger partial charge in [-0.1, -0.05) is 21.6 Å². The number of carbonyl (C=O) groups excluding carboxylic acids is 2. The fraction of sp³-hybridized carbons (Fsp3) is 0.481. The van der Waals surface area contributed by atoms with E-state index in [1.54, 1.807) is 22.9 Å². The van der Waals surface area contributed by atoms with Crippen LogP contribution in [0, 0.1) is 11.8 Å². The fourth-order valence-corrected chi connectivity index (χ4v) is 8.77. The molecule has 2 N–H and O–H groups in total. The number of piperazine rings is 1. The molecule has 3 aliphatic heterocycles. The van der Waals surface area contributed by atoms with Crippen LogP contribution in [0.2, 0.25) is 0 Å². The Kier molecular flexibility index (Phi) is 7.34. The van der Waals surface area contributed by atoms with Crippen molar-refractivity contribution in [1.29, 1.82) is 0 Å². The summed E-state index contributed by atoms with van der Waals surface area (Å²) < 4.78 is 27.9. The molecular weight excluding hydrogens is 544 g/mol. The maximum Gasteiger partial charge on any atom is 0.310 e. The van der Waals surface area contributed by atoms with E-state index >= 15 is 0 Å². The van der Waals surface area contributed by atoms with Crippen LogP contribution in [-0.4, -0.2) is 81.4 Å². The average molecular weight is 575 g/mol. The quantitative estimate of drug-likeness (QED) is 0.376. The van der Waals surface area contributed by atoms with Gasteiger partial charge in [-0.3, -0.25) is 9.59 Å². The molecule has 0 aromatic heterocycles. The van der Waals surface area contributed by atoms with E-state index in [9.17, 15) is 14.7 Å². The molecule has 4 aliphatic rings. The Morgan fingerprint density at radius 2 is 1.72 bits per heavy atom. The molecule has 1 aliphatic carbocycles. The van der Waals surface area contributed by atoms with Crippen molar-refractivity contribution in [2.24, 2.45) is 11.8 Å². The smallest absolute Gasteiger partial charge is 0.310 e. The van der Waals surface area contributed by atoms with Gasteiger partial charge < -0.3 is 39.0 Å². The summed E-state index contributed by atoms with van der Waals surface area (Å²) in [5, 5.41) is 13.7. The number of esters is 1. The van der Waals surface area contributed by atoms with Gasteiger partial charge in [-0.2, -0.15) is 0 Å². The normalized spacial score (nSPS) is 25.1. The molecule has 10 nitrogen and oxygen atoms in total. The SMILES string of the molecule is COc1cc([C@@H]2c3cc4c(cc3[C@@H](SSCC(=O)N3CCNCC3)[C@H]3COC(=O)[C@H]23)OCO4)cc(OC)c1O. The monoisotopic (exact) mass is 574 g/mol. The van der Waals surface area contributed by atoms with Gasteiger partial charge in [0.05, 0.1) is 32.5 Å². The van der Waals surface area contributed by atoms with Crippen LogP contribution in [0.4, 0.5) is 0 Å². The molecule has 0 radical (unpaired) electrons. The maximum absolute atomic E-state index is 13.3. The Hall–Kier alpha value is -2.96. The lowest BCUT2D eigenvalue weighted by atomic mass is 9.67. The fourth-order valence-electron chi connectivity index (χ4n) is 5.89. The third kappa shape index (κ3) is 4.72. The van der Waals surface area contributed by atoms with E-state index in [0.29, 0.717) is 30.3 Å².